The first-order valence-corrected chi connectivity index (χ1v) is 10.5. The quantitative estimate of drug-likeness (QED) is 0.637. The lowest BCUT2D eigenvalue weighted by atomic mass is 10.1. The third-order valence-electron chi connectivity index (χ3n) is 4.12. The highest BCUT2D eigenvalue weighted by Gasteiger charge is 2.21. The first kappa shape index (κ1) is 22.5. The van der Waals surface area contributed by atoms with Gasteiger partial charge in [0.2, 0.25) is 10.0 Å². The molecule has 7 nitrogen and oxygen atoms in total. The van der Waals surface area contributed by atoms with Crippen LogP contribution in [0.15, 0.2) is 53.4 Å². The van der Waals surface area contributed by atoms with Crippen LogP contribution in [0, 0.1) is 5.82 Å². The number of carbonyl (C=O) groups is 2. The molecule has 0 radical (unpaired) electrons. The lowest BCUT2D eigenvalue weighted by Crippen LogP contribution is -2.37. The number of hydrogen-bond donors (Lipinski definition) is 2. The Labute approximate surface area is 169 Å². The van der Waals surface area contributed by atoms with Crippen molar-refractivity contribution in [3.05, 3.63) is 65.5 Å². The maximum Gasteiger partial charge on any atom is 0.338 e. The van der Waals surface area contributed by atoms with E-state index in [1.54, 1.807) is 26.0 Å². The van der Waals surface area contributed by atoms with Gasteiger partial charge in [0.1, 0.15) is 5.82 Å². The van der Waals surface area contributed by atoms with Gasteiger partial charge in [-0.3, -0.25) is 4.79 Å². The van der Waals surface area contributed by atoms with Gasteiger partial charge in [0.15, 0.2) is 6.10 Å². The number of halogens is 1. The first-order valence-electron chi connectivity index (χ1n) is 9.00. The molecule has 2 aromatic rings. The summed E-state index contributed by atoms with van der Waals surface area (Å²) in [4.78, 5) is 24.5. The van der Waals surface area contributed by atoms with Crippen LogP contribution in [0.3, 0.4) is 0 Å². The van der Waals surface area contributed by atoms with Gasteiger partial charge in [-0.25, -0.2) is 22.3 Å². The second kappa shape index (κ2) is 9.62. The third kappa shape index (κ3) is 6.10. The third-order valence-corrected chi connectivity index (χ3v) is 5.68. The molecule has 2 atom stereocenters. The van der Waals surface area contributed by atoms with Gasteiger partial charge in [0.25, 0.3) is 5.91 Å². The highest BCUT2D eigenvalue weighted by molar-refractivity contribution is 7.89. The van der Waals surface area contributed by atoms with Crippen LogP contribution in [0.4, 0.5) is 4.39 Å². The second-order valence-corrected chi connectivity index (χ2v) is 8.12. The Kier molecular flexibility index (Phi) is 7.46. The van der Waals surface area contributed by atoms with E-state index in [0.29, 0.717) is 5.56 Å². The summed E-state index contributed by atoms with van der Waals surface area (Å²) in [7, 11) is -3.62. The number of rotatable bonds is 8. The van der Waals surface area contributed by atoms with E-state index in [0.717, 1.165) is 0 Å². The van der Waals surface area contributed by atoms with Crippen LogP contribution in [-0.4, -0.2) is 32.9 Å². The Morgan fingerprint density at radius 1 is 1.03 bits per heavy atom. The minimum Gasteiger partial charge on any atom is -0.449 e. The zero-order chi connectivity index (χ0) is 21.6. The topological polar surface area (TPSA) is 102 Å². The smallest absolute Gasteiger partial charge is 0.338 e. The molecule has 0 aliphatic carbocycles. The summed E-state index contributed by atoms with van der Waals surface area (Å²) in [5.74, 6) is -1.64. The van der Waals surface area contributed by atoms with Crippen LogP contribution in [0.25, 0.3) is 0 Å². The Bertz CT molecular complexity index is 959. The van der Waals surface area contributed by atoms with Crippen molar-refractivity contribution in [2.75, 3.05) is 6.54 Å². The van der Waals surface area contributed by atoms with Gasteiger partial charge in [0.05, 0.1) is 16.5 Å². The Morgan fingerprint density at radius 2 is 1.62 bits per heavy atom. The van der Waals surface area contributed by atoms with Gasteiger partial charge in [-0.2, -0.15) is 0 Å². The fourth-order valence-electron chi connectivity index (χ4n) is 2.49. The maximum absolute atomic E-state index is 13.0. The molecule has 0 saturated carbocycles. The predicted octanol–water partition coefficient (Wildman–Crippen LogP) is 2.55. The Balaban J connectivity index is 1.97. The average Bonchev–Trinajstić information content (AvgIpc) is 2.68. The summed E-state index contributed by atoms with van der Waals surface area (Å²) >= 11 is 0. The Morgan fingerprint density at radius 3 is 2.17 bits per heavy atom. The van der Waals surface area contributed by atoms with Crippen molar-refractivity contribution in [1.82, 2.24) is 10.0 Å². The summed E-state index contributed by atoms with van der Waals surface area (Å²) in [6.45, 7) is 5.06. The largest absolute Gasteiger partial charge is 0.449 e. The molecule has 2 rings (SSSR count). The molecular formula is C20H23FN2O5S. The van der Waals surface area contributed by atoms with Crippen LogP contribution in [-0.2, 0) is 19.6 Å². The van der Waals surface area contributed by atoms with Gasteiger partial charge >= 0.3 is 5.97 Å². The number of benzene rings is 2. The van der Waals surface area contributed by atoms with Crippen molar-refractivity contribution in [3.8, 4) is 0 Å². The van der Waals surface area contributed by atoms with Gasteiger partial charge in [-0.15, -0.1) is 0 Å². The number of esters is 1. The zero-order valence-electron chi connectivity index (χ0n) is 16.3. The summed E-state index contributed by atoms with van der Waals surface area (Å²) in [6.07, 6.45) is -1.07. The summed E-state index contributed by atoms with van der Waals surface area (Å²) < 4.78 is 44.3. The van der Waals surface area contributed by atoms with E-state index in [9.17, 15) is 22.4 Å². The molecule has 0 aromatic heterocycles. The number of ether oxygens (including phenoxy) is 1. The lowest BCUT2D eigenvalue weighted by molar-refractivity contribution is -0.129. The van der Waals surface area contributed by atoms with Crippen molar-refractivity contribution in [3.63, 3.8) is 0 Å². The van der Waals surface area contributed by atoms with Gasteiger partial charge in [-0.1, -0.05) is 19.1 Å². The minimum absolute atomic E-state index is 0.0230. The summed E-state index contributed by atoms with van der Waals surface area (Å²) in [5, 5.41) is 2.69. The molecule has 0 aliphatic heterocycles. The van der Waals surface area contributed by atoms with E-state index in [-0.39, 0.29) is 22.8 Å². The molecule has 0 heterocycles. The average molecular weight is 422 g/mol. The van der Waals surface area contributed by atoms with E-state index < -0.39 is 34.0 Å². The molecule has 2 aromatic carbocycles. The van der Waals surface area contributed by atoms with Crippen LogP contribution in [0.2, 0.25) is 0 Å². The predicted molar refractivity (Wildman–Crippen MR) is 105 cm³/mol. The first-order chi connectivity index (χ1) is 13.6. The number of carbonyl (C=O) groups excluding carboxylic acids is 2. The lowest BCUT2D eigenvalue weighted by Gasteiger charge is -2.18. The van der Waals surface area contributed by atoms with Crippen LogP contribution < -0.4 is 10.0 Å². The second-order valence-electron chi connectivity index (χ2n) is 6.36. The van der Waals surface area contributed by atoms with Gasteiger partial charge in [0, 0.05) is 6.54 Å². The molecule has 9 heteroatoms. The summed E-state index contributed by atoms with van der Waals surface area (Å²) in [5.41, 5.74) is 0.822. The van der Waals surface area contributed by atoms with Crippen LogP contribution in [0.5, 0.6) is 0 Å². The fraction of sp³-hybridized carbons (Fsp3) is 0.300. The number of hydrogen-bond acceptors (Lipinski definition) is 5. The molecule has 0 saturated heterocycles. The fourth-order valence-corrected chi connectivity index (χ4v) is 3.53. The van der Waals surface area contributed by atoms with E-state index in [1.165, 1.54) is 43.3 Å². The molecule has 2 unspecified atom stereocenters. The monoisotopic (exact) mass is 422 g/mol. The maximum atomic E-state index is 13.0. The van der Waals surface area contributed by atoms with E-state index in [4.69, 9.17) is 4.74 Å². The number of amides is 1. The molecule has 0 spiro atoms. The van der Waals surface area contributed by atoms with E-state index in [1.807, 2.05) is 0 Å². The van der Waals surface area contributed by atoms with Crippen molar-refractivity contribution in [2.45, 2.75) is 37.8 Å². The van der Waals surface area contributed by atoms with Crippen molar-refractivity contribution in [2.24, 2.45) is 0 Å². The van der Waals surface area contributed by atoms with Gasteiger partial charge < -0.3 is 10.1 Å². The van der Waals surface area contributed by atoms with Crippen molar-refractivity contribution < 1.29 is 27.1 Å². The van der Waals surface area contributed by atoms with Gasteiger partial charge in [-0.05, 0) is 55.8 Å². The van der Waals surface area contributed by atoms with Crippen LogP contribution >= 0.6 is 0 Å². The number of nitrogens with one attached hydrogen (secondary N) is 2. The zero-order valence-corrected chi connectivity index (χ0v) is 17.1. The van der Waals surface area contributed by atoms with E-state index in [2.05, 4.69) is 10.0 Å². The molecule has 156 valence electrons. The molecule has 1 amide bonds. The molecular weight excluding hydrogens is 399 g/mol. The Hall–Kier alpha value is -2.78. The molecule has 29 heavy (non-hydrogen) atoms. The molecule has 0 aliphatic rings. The van der Waals surface area contributed by atoms with Crippen molar-refractivity contribution in [1.29, 1.82) is 0 Å². The van der Waals surface area contributed by atoms with E-state index >= 15 is 0 Å². The SMILES string of the molecule is CCNS(=O)(=O)c1ccc(C(=O)OC(C)C(=O)NC(C)c2ccc(F)cc2)cc1. The van der Waals surface area contributed by atoms with Crippen molar-refractivity contribution >= 4 is 21.9 Å². The summed E-state index contributed by atoms with van der Waals surface area (Å²) in [6, 6.07) is 10.5. The molecule has 2 N–H and O–H groups in total. The standard InChI is InChI=1S/C20H23FN2O5S/c1-4-22-29(26,27)18-11-7-16(8-12-18)20(25)28-14(3)19(24)23-13(2)15-5-9-17(21)10-6-15/h5-14,22H,4H2,1-3H3,(H,23,24). The van der Waals surface area contributed by atoms with Crippen LogP contribution in [0.1, 0.15) is 42.7 Å². The highest BCUT2D eigenvalue weighted by atomic mass is 32.2. The normalized spacial score (nSPS) is 13.4. The minimum atomic E-state index is -3.62. The molecule has 0 bridgehead atoms. The number of sulfonamides is 1. The highest BCUT2D eigenvalue weighted by Crippen LogP contribution is 2.15. The molecule has 0 fully saturated rings.